The highest BCUT2D eigenvalue weighted by molar-refractivity contribution is 5.85. The Hall–Kier alpha value is -1.29. The maximum atomic E-state index is 12.8. The predicted molar refractivity (Wildman–Crippen MR) is 92.1 cm³/mol. The van der Waals surface area contributed by atoms with Gasteiger partial charge in [0, 0.05) is 18.3 Å². The molecule has 0 amide bonds. The summed E-state index contributed by atoms with van der Waals surface area (Å²) in [5.74, 6) is -0.228. The van der Waals surface area contributed by atoms with Gasteiger partial charge >= 0.3 is 0 Å². The lowest BCUT2D eigenvalue weighted by molar-refractivity contribution is 0.622. The maximum Gasteiger partial charge on any atom is 0.123 e. The second-order valence-electron chi connectivity index (χ2n) is 4.74. The molecule has 2 rings (SSSR count). The van der Waals surface area contributed by atoms with Crippen LogP contribution in [0.5, 0.6) is 0 Å². The average molecular weight is 331 g/mol. The van der Waals surface area contributed by atoms with Crippen LogP contribution in [-0.4, -0.2) is 6.54 Å². The van der Waals surface area contributed by atoms with Gasteiger partial charge in [0.2, 0.25) is 0 Å². The summed E-state index contributed by atoms with van der Waals surface area (Å²) in [5, 5.41) is 3.33. The van der Waals surface area contributed by atoms with Crippen molar-refractivity contribution < 1.29 is 4.39 Å². The molecule has 1 unspecified atom stereocenters. The Balaban J connectivity index is 0.00000200. The Morgan fingerprint density at radius 3 is 2.14 bits per heavy atom. The van der Waals surface area contributed by atoms with Crippen LogP contribution in [0.2, 0.25) is 0 Å². The van der Waals surface area contributed by atoms with Gasteiger partial charge in [0.1, 0.15) is 5.82 Å². The van der Waals surface area contributed by atoms with E-state index in [1.165, 1.54) is 17.7 Å². The molecule has 2 aromatic carbocycles. The number of anilines is 1. The molecule has 5 heteroatoms. The largest absolute Gasteiger partial charge is 0.385 e. The molecule has 0 bridgehead atoms. The van der Waals surface area contributed by atoms with E-state index >= 15 is 0 Å². The van der Waals surface area contributed by atoms with Crippen LogP contribution in [0.15, 0.2) is 48.5 Å². The molecule has 1 atom stereocenters. The van der Waals surface area contributed by atoms with Crippen molar-refractivity contribution in [2.45, 2.75) is 19.4 Å². The van der Waals surface area contributed by atoms with Gasteiger partial charge < -0.3 is 11.1 Å². The van der Waals surface area contributed by atoms with Gasteiger partial charge in [-0.1, -0.05) is 29.8 Å². The molecule has 0 saturated carbocycles. The summed E-state index contributed by atoms with van der Waals surface area (Å²) in [6.07, 6.45) is 0.805. The quantitative estimate of drug-likeness (QED) is 0.848. The Bertz CT molecular complexity index is 515. The van der Waals surface area contributed by atoms with Gasteiger partial charge in [-0.05, 0) is 43.2 Å². The number of aryl methyl sites for hydroxylation is 1. The topological polar surface area (TPSA) is 38.0 Å². The second-order valence-corrected chi connectivity index (χ2v) is 4.74. The first kappa shape index (κ1) is 19.7. The van der Waals surface area contributed by atoms with Gasteiger partial charge in [0.05, 0.1) is 0 Å². The molecule has 116 valence electrons. The monoisotopic (exact) mass is 330 g/mol. The third-order valence-corrected chi connectivity index (χ3v) is 3.13. The first-order valence-electron chi connectivity index (χ1n) is 6.47. The minimum atomic E-state index is -0.228. The standard InChI is InChI=1S/C16H19FN2.2ClH/c1-12-2-8-15(9-3-12)19-11-10-16(18)13-4-6-14(17)7-5-13;;/h2-9,16,19H,10-11,18H2,1H3;2*1H. The van der Waals surface area contributed by atoms with E-state index in [1.807, 2.05) is 0 Å². The van der Waals surface area contributed by atoms with E-state index in [0.29, 0.717) is 0 Å². The third kappa shape index (κ3) is 6.34. The first-order chi connectivity index (χ1) is 9.15. The Kier molecular flexibility index (Phi) is 9.02. The van der Waals surface area contributed by atoms with Gasteiger partial charge in [-0.25, -0.2) is 4.39 Å². The molecular formula is C16H21Cl2FN2. The van der Waals surface area contributed by atoms with Crippen molar-refractivity contribution >= 4 is 30.5 Å². The van der Waals surface area contributed by atoms with Crippen molar-refractivity contribution in [3.63, 3.8) is 0 Å². The van der Waals surface area contributed by atoms with Crippen molar-refractivity contribution in [3.8, 4) is 0 Å². The van der Waals surface area contributed by atoms with E-state index < -0.39 is 0 Å². The van der Waals surface area contributed by atoms with Crippen LogP contribution >= 0.6 is 24.8 Å². The van der Waals surface area contributed by atoms with Gasteiger partial charge in [-0.3, -0.25) is 0 Å². The van der Waals surface area contributed by atoms with E-state index in [-0.39, 0.29) is 36.7 Å². The van der Waals surface area contributed by atoms with Crippen molar-refractivity contribution in [1.82, 2.24) is 0 Å². The van der Waals surface area contributed by atoms with Crippen molar-refractivity contribution in [3.05, 3.63) is 65.5 Å². The Morgan fingerprint density at radius 2 is 1.57 bits per heavy atom. The number of nitrogens with one attached hydrogen (secondary N) is 1. The zero-order valence-electron chi connectivity index (χ0n) is 11.9. The summed E-state index contributed by atoms with van der Waals surface area (Å²) in [7, 11) is 0. The van der Waals surface area contributed by atoms with Crippen LogP contribution in [-0.2, 0) is 0 Å². The van der Waals surface area contributed by atoms with Crippen molar-refractivity contribution in [2.24, 2.45) is 5.73 Å². The SMILES string of the molecule is Cc1ccc(NCCC(N)c2ccc(F)cc2)cc1.Cl.Cl. The maximum absolute atomic E-state index is 12.8. The zero-order chi connectivity index (χ0) is 13.7. The van der Waals surface area contributed by atoms with E-state index in [9.17, 15) is 4.39 Å². The molecule has 0 aliphatic heterocycles. The molecule has 0 radical (unpaired) electrons. The van der Waals surface area contributed by atoms with Crippen LogP contribution in [0, 0.1) is 12.7 Å². The molecule has 0 aliphatic carbocycles. The molecule has 0 fully saturated rings. The first-order valence-corrected chi connectivity index (χ1v) is 6.47. The molecule has 2 aromatic rings. The van der Waals surface area contributed by atoms with E-state index in [0.717, 1.165) is 24.2 Å². The normalized spacial score (nSPS) is 11.0. The molecule has 3 N–H and O–H groups in total. The Labute approximate surface area is 137 Å². The van der Waals surface area contributed by atoms with Crippen molar-refractivity contribution in [2.75, 3.05) is 11.9 Å². The van der Waals surface area contributed by atoms with Gasteiger partial charge in [0.15, 0.2) is 0 Å². The summed E-state index contributed by atoms with van der Waals surface area (Å²) in [4.78, 5) is 0. The fourth-order valence-corrected chi connectivity index (χ4v) is 1.92. The number of hydrogen-bond acceptors (Lipinski definition) is 2. The number of benzene rings is 2. The van der Waals surface area contributed by atoms with Gasteiger partial charge in [0.25, 0.3) is 0 Å². The number of rotatable bonds is 5. The molecule has 2 nitrogen and oxygen atoms in total. The summed E-state index contributed by atoms with van der Waals surface area (Å²) in [6, 6.07) is 14.6. The molecular weight excluding hydrogens is 310 g/mol. The second kappa shape index (κ2) is 9.61. The molecule has 0 saturated heterocycles. The third-order valence-electron chi connectivity index (χ3n) is 3.13. The number of nitrogens with two attached hydrogens (primary N) is 1. The van der Waals surface area contributed by atoms with Crippen LogP contribution in [0.3, 0.4) is 0 Å². The highest BCUT2D eigenvalue weighted by Crippen LogP contribution is 2.15. The predicted octanol–water partition coefficient (Wildman–Crippen LogP) is 4.48. The minimum Gasteiger partial charge on any atom is -0.385 e. The summed E-state index contributed by atoms with van der Waals surface area (Å²) in [5.41, 5.74) is 9.37. The molecule has 0 aliphatic rings. The highest BCUT2D eigenvalue weighted by Gasteiger charge is 2.05. The highest BCUT2D eigenvalue weighted by atomic mass is 35.5. The average Bonchev–Trinajstić information content (AvgIpc) is 2.41. The number of hydrogen-bond donors (Lipinski definition) is 2. The van der Waals surface area contributed by atoms with E-state index in [1.54, 1.807) is 12.1 Å². The molecule has 21 heavy (non-hydrogen) atoms. The van der Waals surface area contributed by atoms with E-state index in [4.69, 9.17) is 5.73 Å². The Morgan fingerprint density at radius 1 is 1.00 bits per heavy atom. The molecule has 0 heterocycles. The smallest absolute Gasteiger partial charge is 0.123 e. The molecule has 0 aromatic heterocycles. The van der Waals surface area contributed by atoms with Crippen LogP contribution in [0.25, 0.3) is 0 Å². The van der Waals surface area contributed by atoms with Gasteiger partial charge in [-0.2, -0.15) is 0 Å². The van der Waals surface area contributed by atoms with E-state index in [2.05, 4.69) is 36.5 Å². The lowest BCUT2D eigenvalue weighted by Gasteiger charge is -2.13. The lowest BCUT2D eigenvalue weighted by Crippen LogP contribution is -2.15. The van der Waals surface area contributed by atoms with Crippen LogP contribution in [0.1, 0.15) is 23.6 Å². The van der Waals surface area contributed by atoms with Crippen LogP contribution in [0.4, 0.5) is 10.1 Å². The van der Waals surface area contributed by atoms with Crippen LogP contribution < -0.4 is 11.1 Å². The minimum absolute atomic E-state index is 0. The lowest BCUT2D eigenvalue weighted by atomic mass is 10.0. The molecule has 0 spiro atoms. The summed E-state index contributed by atoms with van der Waals surface area (Å²) in [6.45, 7) is 2.86. The fraction of sp³-hybridized carbons (Fsp3) is 0.250. The number of halogens is 3. The fourth-order valence-electron chi connectivity index (χ4n) is 1.92. The summed E-state index contributed by atoms with van der Waals surface area (Å²) < 4.78 is 12.8. The van der Waals surface area contributed by atoms with Crippen molar-refractivity contribution in [1.29, 1.82) is 0 Å². The zero-order valence-corrected chi connectivity index (χ0v) is 13.5. The summed E-state index contributed by atoms with van der Waals surface area (Å²) >= 11 is 0. The van der Waals surface area contributed by atoms with Gasteiger partial charge in [-0.15, -0.1) is 24.8 Å².